The number of hydrogen-bond acceptors (Lipinski definition) is 3. The van der Waals surface area contributed by atoms with Gasteiger partial charge in [-0.15, -0.1) is 0 Å². The fourth-order valence-electron chi connectivity index (χ4n) is 1.96. The molecule has 0 saturated heterocycles. The van der Waals surface area contributed by atoms with Crippen LogP contribution in [0.1, 0.15) is 17.2 Å². The first-order chi connectivity index (χ1) is 9.85. The highest BCUT2D eigenvalue weighted by Crippen LogP contribution is 2.20. The zero-order valence-electron chi connectivity index (χ0n) is 11.0. The van der Waals surface area contributed by atoms with Crippen LogP contribution in [0.4, 0.5) is 0 Å². The number of aliphatic hydroxyl groups excluding tert-OH is 1. The summed E-state index contributed by atoms with van der Waals surface area (Å²) in [6.07, 6.45) is -1.08. The van der Waals surface area contributed by atoms with Gasteiger partial charge in [-0.2, -0.15) is 0 Å². The molecule has 0 bridgehead atoms. The summed E-state index contributed by atoms with van der Waals surface area (Å²) in [5.41, 5.74) is 1.12. The van der Waals surface area contributed by atoms with Gasteiger partial charge in [0.2, 0.25) is 0 Å². The van der Waals surface area contributed by atoms with Gasteiger partial charge in [-0.3, -0.25) is 0 Å². The minimum atomic E-state index is -3.45. The number of halogens is 2. The highest BCUT2D eigenvalue weighted by molar-refractivity contribution is 7.90. The first kappa shape index (κ1) is 16.3. The molecule has 0 spiro atoms. The molecular formula is C15H14Cl2O3S. The van der Waals surface area contributed by atoms with E-state index in [0.29, 0.717) is 21.2 Å². The summed E-state index contributed by atoms with van der Waals surface area (Å²) in [6, 6.07) is 13.1. The quantitative estimate of drug-likeness (QED) is 0.900. The summed E-state index contributed by atoms with van der Waals surface area (Å²) >= 11 is 11.6. The number of rotatable bonds is 5. The lowest BCUT2D eigenvalue weighted by atomic mass is 10.1. The van der Waals surface area contributed by atoms with E-state index in [1.165, 1.54) is 0 Å². The van der Waals surface area contributed by atoms with E-state index in [2.05, 4.69) is 0 Å². The number of hydrogen-bond donors (Lipinski definition) is 1. The Morgan fingerprint density at radius 1 is 1.00 bits per heavy atom. The molecule has 2 aromatic carbocycles. The van der Waals surface area contributed by atoms with Gasteiger partial charge in [0.15, 0.2) is 9.84 Å². The molecule has 2 aromatic rings. The van der Waals surface area contributed by atoms with Gasteiger partial charge in [-0.1, -0.05) is 47.5 Å². The van der Waals surface area contributed by atoms with Gasteiger partial charge in [-0.25, -0.2) is 8.42 Å². The fourth-order valence-corrected chi connectivity index (χ4v) is 3.78. The standard InChI is InChI=1S/C15H14Cl2O3S/c16-13-6-4-12(5-7-13)15(18)10-21(19,20)9-11-2-1-3-14(17)8-11/h1-8,15,18H,9-10H2. The maximum absolute atomic E-state index is 12.1. The first-order valence-electron chi connectivity index (χ1n) is 6.24. The summed E-state index contributed by atoms with van der Waals surface area (Å²) in [4.78, 5) is 0. The van der Waals surface area contributed by atoms with Crippen molar-refractivity contribution in [1.29, 1.82) is 0 Å². The molecular weight excluding hydrogens is 331 g/mol. The van der Waals surface area contributed by atoms with Gasteiger partial charge < -0.3 is 5.11 Å². The van der Waals surface area contributed by atoms with Crippen molar-refractivity contribution in [1.82, 2.24) is 0 Å². The molecule has 1 N–H and O–H groups in total. The van der Waals surface area contributed by atoms with E-state index in [9.17, 15) is 13.5 Å². The molecule has 6 heteroatoms. The zero-order chi connectivity index (χ0) is 15.5. The normalized spacial score (nSPS) is 13.1. The fraction of sp³-hybridized carbons (Fsp3) is 0.200. The van der Waals surface area contributed by atoms with Crippen molar-refractivity contribution >= 4 is 33.0 Å². The second kappa shape index (κ2) is 6.79. The minimum absolute atomic E-state index is 0.155. The topological polar surface area (TPSA) is 54.4 Å². The molecule has 0 aliphatic carbocycles. The third kappa shape index (κ3) is 5.00. The molecule has 3 nitrogen and oxygen atoms in total. The number of aliphatic hydroxyl groups is 1. The Kier molecular flexibility index (Phi) is 5.27. The van der Waals surface area contributed by atoms with Crippen molar-refractivity contribution in [2.24, 2.45) is 0 Å². The van der Waals surface area contributed by atoms with E-state index in [1.54, 1.807) is 48.5 Å². The molecule has 112 valence electrons. The van der Waals surface area contributed by atoms with E-state index in [1.807, 2.05) is 0 Å². The Balaban J connectivity index is 2.08. The predicted molar refractivity (Wildman–Crippen MR) is 85.4 cm³/mol. The Bertz CT molecular complexity index is 712. The van der Waals surface area contributed by atoms with Gasteiger partial charge in [0.25, 0.3) is 0 Å². The van der Waals surface area contributed by atoms with Crippen molar-refractivity contribution in [3.8, 4) is 0 Å². The molecule has 0 fully saturated rings. The Labute approximate surface area is 134 Å². The zero-order valence-corrected chi connectivity index (χ0v) is 13.4. The van der Waals surface area contributed by atoms with E-state index < -0.39 is 15.9 Å². The van der Waals surface area contributed by atoms with Crippen LogP contribution in [0, 0.1) is 0 Å². The number of sulfone groups is 1. The van der Waals surface area contributed by atoms with Gasteiger partial charge in [0, 0.05) is 10.0 Å². The van der Waals surface area contributed by atoms with Crippen LogP contribution < -0.4 is 0 Å². The maximum atomic E-state index is 12.1. The Morgan fingerprint density at radius 3 is 2.29 bits per heavy atom. The van der Waals surface area contributed by atoms with Crippen molar-refractivity contribution < 1.29 is 13.5 Å². The molecule has 0 saturated carbocycles. The van der Waals surface area contributed by atoms with Crippen molar-refractivity contribution in [3.63, 3.8) is 0 Å². The third-order valence-electron chi connectivity index (χ3n) is 2.94. The lowest BCUT2D eigenvalue weighted by Gasteiger charge is -2.12. The van der Waals surface area contributed by atoms with Crippen LogP contribution >= 0.6 is 23.2 Å². The Hall–Kier alpha value is -1.07. The van der Waals surface area contributed by atoms with Gasteiger partial charge in [-0.05, 0) is 35.4 Å². The SMILES string of the molecule is O=S(=O)(Cc1cccc(Cl)c1)CC(O)c1ccc(Cl)cc1. The predicted octanol–water partition coefficient (Wildman–Crippen LogP) is 3.64. The van der Waals surface area contributed by atoms with Crippen molar-refractivity contribution in [2.45, 2.75) is 11.9 Å². The van der Waals surface area contributed by atoms with Crippen LogP contribution in [0.15, 0.2) is 48.5 Å². The lowest BCUT2D eigenvalue weighted by Crippen LogP contribution is -2.16. The van der Waals surface area contributed by atoms with Crippen molar-refractivity contribution in [2.75, 3.05) is 5.75 Å². The molecule has 21 heavy (non-hydrogen) atoms. The highest BCUT2D eigenvalue weighted by Gasteiger charge is 2.19. The molecule has 0 aromatic heterocycles. The molecule has 2 rings (SSSR count). The number of benzene rings is 2. The average molecular weight is 345 g/mol. The van der Waals surface area contributed by atoms with E-state index in [-0.39, 0.29) is 11.5 Å². The summed E-state index contributed by atoms with van der Waals surface area (Å²) < 4.78 is 24.3. The smallest absolute Gasteiger partial charge is 0.157 e. The summed E-state index contributed by atoms with van der Waals surface area (Å²) in [6.45, 7) is 0. The second-order valence-electron chi connectivity index (χ2n) is 4.75. The molecule has 0 radical (unpaired) electrons. The largest absolute Gasteiger partial charge is 0.387 e. The van der Waals surface area contributed by atoms with Gasteiger partial charge >= 0.3 is 0 Å². The molecule has 0 amide bonds. The van der Waals surface area contributed by atoms with Crippen LogP contribution in [-0.2, 0) is 15.6 Å². The van der Waals surface area contributed by atoms with Crippen LogP contribution in [-0.4, -0.2) is 19.3 Å². The van der Waals surface area contributed by atoms with E-state index >= 15 is 0 Å². The second-order valence-corrected chi connectivity index (χ2v) is 7.73. The summed E-state index contributed by atoms with van der Waals surface area (Å²) in [7, 11) is -3.45. The van der Waals surface area contributed by atoms with Crippen LogP contribution in [0.3, 0.4) is 0 Å². The highest BCUT2D eigenvalue weighted by atomic mass is 35.5. The van der Waals surface area contributed by atoms with Gasteiger partial charge in [0.05, 0.1) is 17.6 Å². The molecule has 0 aliphatic heterocycles. The van der Waals surface area contributed by atoms with Gasteiger partial charge in [0.1, 0.15) is 0 Å². The van der Waals surface area contributed by atoms with E-state index in [4.69, 9.17) is 23.2 Å². The van der Waals surface area contributed by atoms with Crippen LogP contribution in [0.25, 0.3) is 0 Å². The molecule has 0 heterocycles. The molecule has 1 atom stereocenters. The van der Waals surface area contributed by atoms with E-state index in [0.717, 1.165) is 0 Å². The van der Waals surface area contributed by atoms with Crippen molar-refractivity contribution in [3.05, 3.63) is 69.7 Å². The Morgan fingerprint density at radius 2 is 1.67 bits per heavy atom. The van der Waals surface area contributed by atoms with Crippen LogP contribution in [0.5, 0.6) is 0 Å². The summed E-state index contributed by atoms with van der Waals surface area (Å²) in [5, 5.41) is 11.1. The van der Waals surface area contributed by atoms with Crippen LogP contribution in [0.2, 0.25) is 10.0 Å². The first-order valence-corrected chi connectivity index (χ1v) is 8.82. The molecule has 0 aliphatic rings. The third-order valence-corrected chi connectivity index (χ3v) is 5.03. The molecule has 1 unspecified atom stereocenters. The lowest BCUT2D eigenvalue weighted by molar-refractivity contribution is 0.201. The average Bonchev–Trinajstić information content (AvgIpc) is 2.38. The minimum Gasteiger partial charge on any atom is -0.387 e. The maximum Gasteiger partial charge on any atom is 0.157 e. The summed E-state index contributed by atoms with van der Waals surface area (Å²) in [5.74, 6) is -0.501. The monoisotopic (exact) mass is 344 g/mol.